The molecule has 0 aromatic heterocycles. The first kappa shape index (κ1) is 14.6. The van der Waals surface area contributed by atoms with Crippen molar-refractivity contribution in [1.29, 1.82) is 0 Å². The molecule has 2 atom stereocenters. The first-order chi connectivity index (χ1) is 9.97. The fraction of sp³-hybridized carbons (Fsp3) is 0.200. The molecule has 21 heavy (non-hydrogen) atoms. The largest absolute Gasteiger partial charge is 0.399 e. The summed E-state index contributed by atoms with van der Waals surface area (Å²) >= 11 is 3.25. The van der Waals surface area contributed by atoms with Crippen LogP contribution in [0, 0.1) is 0 Å². The molecule has 2 aromatic rings. The highest BCUT2D eigenvalue weighted by Gasteiger charge is 2.41. The van der Waals surface area contributed by atoms with Crippen LogP contribution < -0.4 is 10.5 Å². The predicted octanol–water partition coefficient (Wildman–Crippen LogP) is 2.87. The van der Waals surface area contributed by atoms with Crippen molar-refractivity contribution in [1.82, 2.24) is 4.72 Å². The van der Waals surface area contributed by atoms with Gasteiger partial charge in [0.2, 0.25) is 10.0 Å². The number of hydrogen-bond donors (Lipinski definition) is 2. The van der Waals surface area contributed by atoms with Crippen LogP contribution >= 0.6 is 15.9 Å². The second kappa shape index (κ2) is 5.44. The molecule has 2 aromatic carbocycles. The minimum atomic E-state index is -3.54. The van der Waals surface area contributed by atoms with Crippen molar-refractivity contribution in [2.75, 3.05) is 5.73 Å². The normalized spacial score (nSPS) is 21.2. The maximum absolute atomic E-state index is 12.4. The lowest BCUT2D eigenvalue weighted by molar-refractivity contribution is 0.579. The molecule has 1 aliphatic carbocycles. The number of rotatable bonds is 4. The smallest absolute Gasteiger partial charge is 0.241 e. The molecule has 110 valence electrons. The van der Waals surface area contributed by atoms with Crippen LogP contribution in [0.2, 0.25) is 0 Å². The number of benzene rings is 2. The van der Waals surface area contributed by atoms with Crippen molar-refractivity contribution in [3.63, 3.8) is 0 Å². The zero-order valence-corrected chi connectivity index (χ0v) is 13.6. The summed E-state index contributed by atoms with van der Waals surface area (Å²) in [6, 6.07) is 14.6. The highest BCUT2D eigenvalue weighted by molar-refractivity contribution is 9.10. The van der Waals surface area contributed by atoms with E-state index in [0.29, 0.717) is 10.2 Å². The van der Waals surface area contributed by atoms with Gasteiger partial charge >= 0.3 is 0 Å². The Hall–Kier alpha value is -1.37. The van der Waals surface area contributed by atoms with Crippen LogP contribution in [0.25, 0.3) is 0 Å². The second-order valence-electron chi connectivity index (χ2n) is 5.17. The van der Waals surface area contributed by atoms with Crippen molar-refractivity contribution in [2.45, 2.75) is 23.3 Å². The number of anilines is 1. The average molecular weight is 367 g/mol. The molecule has 3 N–H and O–H groups in total. The maximum atomic E-state index is 12.4. The molecule has 4 nitrogen and oxygen atoms in total. The second-order valence-corrected chi connectivity index (χ2v) is 7.71. The molecule has 1 aliphatic rings. The molecule has 0 bridgehead atoms. The summed E-state index contributed by atoms with van der Waals surface area (Å²) in [6.07, 6.45) is 0.829. The third-order valence-corrected chi connectivity index (χ3v) is 6.04. The van der Waals surface area contributed by atoms with Gasteiger partial charge in [0.1, 0.15) is 0 Å². The number of nitrogens with two attached hydrogens (primary N) is 1. The van der Waals surface area contributed by atoms with E-state index in [2.05, 4.69) is 20.7 Å². The Morgan fingerprint density at radius 2 is 1.86 bits per heavy atom. The SMILES string of the molecule is Nc1ccc(S(=O)(=O)NC2CC2c2ccccc2)c(Br)c1. The van der Waals surface area contributed by atoms with Crippen LogP contribution in [0.4, 0.5) is 5.69 Å². The van der Waals surface area contributed by atoms with E-state index in [1.807, 2.05) is 30.3 Å². The molecule has 0 aliphatic heterocycles. The molecule has 1 fully saturated rings. The summed E-state index contributed by atoms with van der Waals surface area (Å²) in [5, 5.41) is 0. The van der Waals surface area contributed by atoms with E-state index in [4.69, 9.17) is 5.73 Å². The Morgan fingerprint density at radius 1 is 1.14 bits per heavy atom. The lowest BCUT2D eigenvalue weighted by Gasteiger charge is -2.09. The highest BCUT2D eigenvalue weighted by atomic mass is 79.9. The molecular formula is C15H15BrN2O2S. The maximum Gasteiger partial charge on any atom is 0.241 e. The number of halogens is 1. The van der Waals surface area contributed by atoms with Crippen molar-refractivity contribution >= 4 is 31.6 Å². The van der Waals surface area contributed by atoms with Crippen LogP contribution in [-0.4, -0.2) is 14.5 Å². The molecule has 0 saturated heterocycles. The number of nitrogen functional groups attached to an aromatic ring is 1. The molecule has 0 spiro atoms. The van der Waals surface area contributed by atoms with Crippen LogP contribution in [0.3, 0.4) is 0 Å². The van der Waals surface area contributed by atoms with Gasteiger partial charge in [0.25, 0.3) is 0 Å². The zero-order valence-electron chi connectivity index (χ0n) is 11.2. The van der Waals surface area contributed by atoms with Gasteiger partial charge in [0, 0.05) is 22.1 Å². The van der Waals surface area contributed by atoms with Gasteiger partial charge in [-0.1, -0.05) is 30.3 Å². The molecule has 1 saturated carbocycles. The number of nitrogens with one attached hydrogen (secondary N) is 1. The van der Waals surface area contributed by atoms with Crippen LogP contribution in [0.1, 0.15) is 17.9 Å². The van der Waals surface area contributed by atoms with Gasteiger partial charge in [-0.25, -0.2) is 13.1 Å². The molecule has 0 amide bonds. The lowest BCUT2D eigenvalue weighted by Crippen LogP contribution is -2.27. The minimum absolute atomic E-state index is 0.0400. The van der Waals surface area contributed by atoms with Crippen molar-refractivity contribution in [3.05, 3.63) is 58.6 Å². The van der Waals surface area contributed by atoms with E-state index >= 15 is 0 Å². The quantitative estimate of drug-likeness (QED) is 0.817. The highest BCUT2D eigenvalue weighted by Crippen LogP contribution is 2.41. The van der Waals surface area contributed by atoms with Gasteiger partial charge in [-0.15, -0.1) is 0 Å². The molecule has 0 heterocycles. The fourth-order valence-corrected chi connectivity index (χ4v) is 4.78. The molecule has 2 unspecified atom stereocenters. The summed E-state index contributed by atoms with van der Waals surface area (Å²) in [5.74, 6) is 0.258. The lowest BCUT2D eigenvalue weighted by atomic mass is 10.1. The summed E-state index contributed by atoms with van der Waals surface area (Å²) in [6.45, 7) is 0. The first-order valence-corrected chi connectivity index (χ1v) is 8.87. The number of sulfonamides is 1. The van der Waals surface area contributed by atoms with E-state index in [9.17, 15) is 8.42 Å². The van der Waals surface area contributed by atoms with Gasteiger partial charge in [-0.2, -0.15) is 0 Å². The predicted molar refractivity (Wildman–Crippen MR) is 86.5 cm³/mol. The van der Waals surface area contributed by atoms with Crippen molar-refractivity contribution in [2.24, 2.45) is 0 Å². The first-order valence-electron chi connectivity index (χ1n) is 6.60. The van der Waals surface area contributed by atoms with Gasteiger partial charge in [-0.3, -0.25) is 0 Å². The minimum Gasteiger partial charge on any atom is -0.399 e. The van der Waals surface area contributed by atoms with Crippen molar-refractivity contribution < 1.29 is 8.42 Å². The van der Waals surface area contributed by atoms with Gasteiger partial charge < -0.3 is 5.73 Å². The Bertz CT molecular complexity index is 762. The average Bonchev–Trinajstić information content (AvgIpc) is 3.17. The van der Waals surface area contributed by atoms with Crippen molar-refractivity contribution in [3.8, 4) is 0 Å². The summed E-state index contributed by atoms with van der Waals surface area (Å²) in [5.41, 5.74) is 7.33. The zero-order chi connectivity index (χ0) is 15.0. The van der Waals surface area contributed by atoms with Crippen LogP contribution in [-0.2, 0) is 10.0 Å². The monoisotopic (exact) mass is 366 g/mol. The molecular weight excluding hydrogens is 352 g/mol. The van der Waals surface area contributed by atoms with Gasteiger partial charge in [0.05, 0.1) is 4.90 Å². The Labute approximate surface area is 132 Å². The topological polar surface area (TPSA) is 72.2 Å². The van der Waals surface area contributed by atoms with Gasteiger partial charge in [0.15, 0.2) is 0 Å². The van der Waals surface area contributed by atoms with E-state index < -0.39 is 10.0 Å². The third-order valence-electron chi connectivity index (χ3n) is 3.57. The van der Waals surface area contributed by atoms with E-state index in [1.165, 1.54) is 11.6 Å². The number of hydrogen-bond acceptors (Lipinski definition) is 3. The van der Waals surface area contributed by atoms with E-state index in [-0.39, 0.29) is 16.9 Å². The standard InChI is InChI=1S/C15H15BrN2O2S/c16-13-8-11(17)6-7-15(13)21(19,20)18-14-9-12(14)10-4-2-1-3-5-10/h1-8,12,14,18H,9,17H2. The summed E-state index contributed by atoms with van der Waals surface area (Å²) in [7, 11) is -3.54. The van der Waals surface area contributed by atoms with Gasteiger partial charge in [-0.05, 0) is 46.1 Å². The third kappa shape index (κ3) is 3.12. The summed E-state index contributed by atoms with van der Waals surface area (Å²) < 4.78 is 28.1. The Balaban J connectivity index is 1.76. The van der Waals surface area contributed by atoms with Crippen LogP contribution in [0.15, 0.2) is 57.9 Å². The fourth-order valence-electron chi connectivity index (χ4n) is 2.39. The summed E-state index contributed by atoms with van der Waals surface area (Å²) in [4.78, 5) is 0.218. The van der Waals surface area contributed by atoms with E-state index in [1.54, 1.807) is 12.1 Å². The Kier molecular flexibility index (Phi) is 3.77. The Morgan fingerprint density at radius 3 is 2.52 bits per heavy atom. The van der Waals surface area contributed by atoms with Crippen LogP contribution in [0.5, 0.6) is 0 Å². The van der Waals surface area contributed by atoms with E-state index in [0.717, 1.165) is 6.42 Å². The molecule has 6 heteroatoms. The molecule has 0 radical (unpaired) electrons. The molecule has 3 rings (SSSR count).